The third-order valence-corrected chi connectivity index (χ3v) is 2.56. The van der Waals surface area contributed by atoms with E-state index in [0.29, 0.717) is 0 Å². The molecule has 3 saturated carbocycles. The predicted molar refractivity (Wildman–Crippen MR) is 36.2 cm³/mol. The lowest BCUT2D eigenvalue weighted by molar-refractivity contribution is -0.161. The number of carbonyl (C=O) groups is 1. The topological polar surface area (TPSA) is 43.1 Å². The number of halogens is 1. The van der Waals surface area contributed by atoms with E-state index >= 15 is 0 Å². The Balaban J connectivity index is 0.000000405. The zero-order valence-electron chi connectivity index (χ0n) is 5.09. The van der Waals surface area contributed by atoms with E-state index in [-0.39, 0.29) is 23.7 Å². The van der Waals surface area contributed by atoms with Gasteiger partial charge >= 0.3 is 0 Å². The summed E-state index contributed by atoms with van der Waals surface area (Å²) in [6.07, 6.45) is 3.26. The summed E-state index contributed by atoms with van der Waals surface area (Å²) >= 11 is 0. The number of hydrogen-bond donors (Lipinski definition) is 1. The molecule has 3 heteroatoms. The van der Waals surface area contributed by atoms with Crippen LogP contribution in [-0.4, -0.2) is 5.91 Å². The van der Waals surface area contributed by atoms with E-state index in [1.165, 1.54) is 0 Å². The minimum Gasteiger partial charge on any atom is -0.369 e. The maximum absolute atomic E-state index is 10.6. The molecule has 1 amide bonds. The van der Waals surface area contributed by atoms with Crippen LogP contribution in [0.4, 0.5) is 0 Å². The molecule has 3 aliphatic rings. The molecule has 0 radical (unpaired) electrons. The van der Waals surface area contributed by atoms with Crippen molar-refractivity contribution in [1.29, 1.82) is 0 Å². The zero-order valence-corrected chi connectivity index (χ0v) is 5.91. The van der Waals surface area contributed by atoms with Gasteiger partial charge in [-0.15, -0.1) is 12.4 Å². The van der Waals surface area contributed by atoms with Crippen LogP contribution in [0.3, 0.4) is 0 Å². The van der Waals surface area contributed by atoms with Crippen molar-refractivity contribution in [2.45, 2.75) is 19.3 Å². The van der Waals surface area contributed by atoms with Gasteiger partial charge in [0.2, 0.25) is 5.91 Å². The predicted octanol–water partition coefficient (Wildman–Crippen LogP) is 0.694. The average Bonchev–Trinajstić information content (AvgIpc) is 1.16. The second-order valence-electron chi connectivity index (χ2n) is 3.12. The summed E-state index contributed by atoms with van der Waals surface area (Å²) in [5.74, 6) is 0.794. The normalized spacial score (nSPS) is 43.8. The Morgan fingerprint density at radius 1 is 1.44 bits per heavy atom. The largest absolute Gasteiger partial charge is 0.369 e. The van der Waals surface area contributed by atoms with Gasteiger partial charge in [0, 0.05) is 5.41 Å². The molecular formula is C6H10ClNO. The van der Waals surface area contributed by atoms with Crippen molar-refractivity contribution in [3.8, 4) is 0 Å². The Labute approximate surface area is 60.2 Å². The number of rotatable bonds is 1. The lowest BCUT2D eigenvalue weighted by atomic mass is 9.44. The van der Waals surface area contributed by atoms with Gasteiger partial charge in [-0.25, -0.2) is 0 Å². The van der Waals surface area contributed by atoms with Gasteiger partial charge < -0.3 is 5.73 Å². The highest BCUT2D eigenvalue weighted by atomic mass is 35.5. The van der Waals surface area contributed by atoms with Crippen molar-refractivity contribution >= 4 is 18.3 Å². The van der Waals surface area contributed by atoms with Crippen LogP contribution in [0.1, 0.15) is 19.3 Å². The minimum absolute atomic E-state index is 0. The van der Waals surface area contributed by atoms with E-state index in [9.17, 15) is 4.79 Å². The van der Waals surface area contributed by atoms with Crippen LogP contribution in [0.15, 0.2) is 0 Å². The Bertz CT molecular complexity index is 140. The second-order valence-corrected chi connectivity index (χ2v) is 3.12. The molecule has 0 atom stereocenters. The highest BCUT2D eigenvalue weighted by molar-refractivity contribution is 5.85. The van der Waals surface area contributed by atoms with Gasteiger partial charge in [0.25, 0.3) is 0 Å². The first-order valence-corrected chi connectivity index (χ1v) is 3.03. The molecule has 0 aromatic heterocycles. The van der Waals surface area contributed by atoms with E-state index in [4.69, 9.17) is 5.73 Å². The Morgan fingerprint density at radius 3 is 1.89 bits per heavy atom. The van der Waals surface area contributed by atoms with Crippen molar-refractivity contribution in [3.05, 3.63) is 0 Å². The van der Waals surface area contributed by atoms with Gasteiger partial charge in [-0.1, -0.05) is 0 Å². The van der Waals surface area contributed by atoms with Gasteiger partial charge in [-0.2, -0.15) is 0 Å². The Kier molecular flexibility index (Phi) is 1.24. The molecule has 3 aliphatic carbocycles. The lowest BCUT2D eigenvalue weighted by Crippen LogP contribution is -2.59. The van der Waals surface area contributed by atoms with Crippen molar-refractivity contribution in [1.82, 2.24) is 0 Å². The fourth-order valence-electron chi connectivity index (χ4n) is 1.78. The number of amides is 1. The summed E-state index contributed by atoms with van der Waals surface area (Å²) in [5.41, 5.74) is 5.14. The molecule has 2 N–H and O–H groups in total. The van der Waals surface area contributed by atoms with Crippen LogP contribution in [-0.2, 0) is 4.79 Å². The van der Waals surface area contributed by atoms with Crippen molar-refractivity contribution in [2.24, 2.45) is 17.1 Å². The van der Waals surface area contributed by atoms with Crippen molar-refractivity contribution in [2.75, 3.05) is 0 Å². The highest BCUT2D eigenvalue weighted by Crippen LogP contribution is 2.63. The molecule has 0 spiro atoms. The van der Waals surface area contributed by atoms with Crippen molar-refractivity contribution in [3.63, 3.8) is 0 Å². The SMILES string of the molecule is Cl.NC(=O)C12CC(C1)C2. The number of primary amides is 1. The first-order chi connectivity index (χ1) is 3.73. The van der Waals surface area contributed by atoms with Crippen molar-refractivity contribution < 1.29 is 4.79 Å². The van der Waals surface area contributed by atoms with Gasteiger partial charge in [-0.05, 0) is 25.2 Å². The van der Waals surface area contributed by atoms with Crippen LogP contribution in [0, 0.1) is 11.3 Å². The van der Waals surface area contributed by atoms with E-state index in [1.807, 2.05) is 0 Å². The van der Waals surface area contributed by atoms with Crippen LogP contribution >= 0.6 is 12.4 Å². The molecule has 3 rings (SSSR count). The summed E-state index contributed by atoms with van der Waals surface area (Å²) in [6.45, 7) is 0. The molecule has 2 nitrogen and oxygen atoms in total. The maximum Gasteiger partial charge on any atom is 0.223 e. The second kappa shape index (κ2) is 1.63. The Morgan fingerprint density at radius 2 is 1.89 bits per heavy atom. The monoisotopic (exact) mass is 147 g/mol. The zero-order chi connectivity index (χ0) is 5.78. The summed E-state index contributed by atoms with van der Waals surface area (Å²) in [4.78, 5) is 10.6. The third-order valence-electron chi connectivity index (χ3n) is 2.56. The first kappa shape index (κ1) is 6.87. The number of hydrogen-bond acceptors (Lipinski definition) is 1. The molecule has 2 bridgehead atoms. The molecule has 52 valence electrons. The Hall–Kier alpha value is -0.240. The summed E-state index contributed by atoms with van der Waals surface area (Å²) in [5, 5.41) is 0. The third kappa shape index (κ3) is 0.597. The van der Waals surface area contributed by atoms with Crippen LogP contribution in [0.25, 0.3) is 0 Å². The smallest absolute Gasteiger partial charge is 0.223 e. The molecule has 0 aliphatic heterocycles. The van der Waals surface area contributed by atoms with Crippen LogP contribution < -0.4 is 5.73 Å². The van der Waals surface area contributed by atoms with E-state index < -0.39 is 0 Å². The van der Waals surface area contributed by atoms with E-state index in [2.05, 4.69) is 0 Å². The minimum atomic E-state index is -0.0694. The molecule has 9 heavy (non-hydrogen) atoms. The highest BCUT2D eigenvalue weighted by Gasteiger charge is 2.60. The molecule has 3 fully saturated rings. The van der Waals surface area contributed by atoms with Crippen LogP contribution in [0.5, 0.6) is 0 Å². The van der Waals surface area contributed by atoms with E-state index in [0.717, 1.165) is 25.2 Å². The molecule has 0 heterocycles. The van der Waals surface area contributed by atoms with Gasteiger partial charge in [0.05, 0.1) is 0 Å². The molecule has 0 saturated heterocycles. The van der Waals surface area contributed by atoms with Gasteiger partial charge in [-0.3, -0.25) is 4.79 Å². The molecule has 0 unspecified atom stereocenters. The lowest BCUT2D eigenvalue weighted by Gasteiger charge is -2.59. The summed E-state index contributed by atoms with van der Waals surface area (Å²) < 4.78 is 0. The molecule has 0 aromatic carbocycles. The summed E-state index contributed by atoms with van der Waals surface area (Å²) in [6, 6.07) is 0. The molecule has 0 aromatic rings. The fraction of sp³-hybridized carbons (Fsp3) is 0.833. The average molecular weight is 148 g/mol. The first-order valence-electron chi connectivity index (χ1n) is 3.03. The fourth-order valence-corrected chi connectivity index (χ4v) is 1.78. The standard InChI is InChI=1S/C6H9NO.ClH/c7-5(8)6-1-4(2-6)3-6;/h4H,1-3H2,(H2,7,8);1H. The summed E-state index contributed by atoms with van der Waals surface area (Å²) in [7, 11) is 0. The van der Waals surface area contributed by atoms with Gasteiger partial charge in [0.1, 0.15) is 0 Å². The van der Waals surface area contributed by atoms with Gasteiger partial charge in [0.15, 0.2) is 0 Å². The molecular weight excluding hydrogens is 138 g/mol. The maximum atomic E-state index is 10.6. The number of carbonyl (C=O) groups excluding carboxylic acids is 1. The van der Waals surface area contributed by atoms with Crippen LogP contribution in [0.2, 0.25) is 0 Å². The van der Waals surface area contributed by atoms with E-state index in [1.54, 1.807) is 0 Å². The number of nitrogens with two attached hydrogens (primary N) is 1. The quantitative estimate of drug-likeness (QED) is 0.583.